The van der Waals surface area contributed by atoms with Gasteiger partial charge in [0.05, 0.1) is 0 Å². The van der Waals surface area contributed by atoms with Crippen molar-refractivity contribution < 1.29 is 0 Å². The Hall–Kier alpha value is -1.05. The molecule has 0 N–H and O–H groups in total. The maximum Gasteiger partial charge on any atom is 0.128 e. The average Bonchev–Trinajstić information content (AvgIpc) is 1.99. The van der Waals surface area contributed by atoms with E-state index in [2.05, 4.69) is 31.8 Å². The number of nitrogens with zero attached hydrogens (tertiary/aromatic N) is 2. The lowest BCUT2D eigenvalue weighted by molar-refractivity contribution is 1.02. The van der Waals surface area contributed by atoms with Crippen molar-refractivity contribution in [2.75, 3.05) is 19.0 Å². The first-order valence-corrected chi connectivity index (χ1v) is 4.14. The third-order valence-corrected chi connectivity index (χ3v) is 2.22. The van der Waals surface area contributed by atoms with Gasteiger partial charge >= 0.3 is 0 Å². The van der Waals surface area contributed by atoms with E-state index < -0.39 is 0 Å². The summed E-state index contributed by atoms with van der Waals surface area (Å²) in [5.41, 5.74) is 3.73. The Morgan fingerprint density at radius 1 is 1.17 bits per heavy atom. The van der Waals surface area contributed by atoms with E-state index in [4.69, 9.17) is 0 Å². The monoisotopic (exact) mass is 164 g/mol. The minimum Gasteiger partial charge on any atom is -0.363 e. The summed E-state index contributed by atoms with van der Waals surface area (Å²) in [5, 5.41) is 0. The van der Waals surface area contributed by atoms with Crippen LogP contribution in [0.3, 0.4) is 0 Å². The van der Waals surface area contributed by atoms with Gasteiger partial charge in [-0.3, -0.25) is 0 Å². The number of hydrogen-bond donors (Lipinski definition) is 0. The minimum atomic E-state index is 1.04. The molecule has 0 atom stereocenters. The van der Waals surface area contributed by atoms with Crippen molar-refractivity contribution in [3.63, 3.8) is 0 Å². The zero-order valence-electron chi connectivity index (χ0n) is 8.47. The van der Waals surface area contributed by atoms with E-state index in [0.29, 0.717) is 0 Å². The second-order valence-electron chi connectivity index (χ2n) is 3.40. The normalized spacial score (nSPS) is 10.1. The molecule has 0 saturated heterocycles. The smallest absolute Gasteiger partial charge is 0.128 e. The molecule has 0 unspecified atom stereocenters. The Morgan fingerprint density at radius 2 is 1.75 bits per heavy atom. The van der Waals surface area contributed by atoms with E-state index in [1.165, 1.54) is 11.1 Å². The molecule has 1 rings (SSSR count). The first kappa shape index (κ1) is 9.04. The molecule has 1 heterocycles. The van der Waals surface area contributed by atoms with Crippen molar-refractivity contribution in [2.24, 2.45) is 0 Å². The molecule has 2 heteroatoms. The molecular formula is C10H16N2. The van der Waals surface area contributed by atoms with Crippen molar-refractivity contribution in [3.8, 4) is 0 Å². The number of aryl methyl sites for hydroxylation is 2. The molecule has 0 fully saturated rings. The van der Waals surface area contributed by atoms with Gasteiger partial charge in [0.25, 0.3) is 0 Å². The summed E-state index contributed by atoms with van der Waals surface area (Å²) in [4.78, 5) is 6.49. The van der Waals surface area contributed by atoms with Crippen LogP contribution in [0.5, 0.6) is 0 Å². The molecule has 1 aromatic heterocycles. The molecule has 2 nitrogen and oxygen atoms in total. The molecule has 66 valence electrons. The van der Waals surface area contributed by atoms with Crippen LogP contribution < -0.4 is 4.90 Å². The summed E-state index contributed by atoms with van der Waals surface area (Å²) < 4.78 is 0. The standard InChI is InChI=1S/C10H16N2/c1-7-6-10(12(4)5)11-9(3)8(7)2/h6H,1-5H3. The Labute approximate surface area is 74.2 Å². The first-order valence-electron chi connectivity index (χ1n) is 4.14. The molecule has 0 aliphatic rings. The third kappa shape index (κ3) is 1.58. The van der Waals surface area contributed by atoms with Crippen molar-refractivity contribution in [2.45, 2.75) is 20.8 Å². The predicted molar refractivity (Wildman–Crippen MR) is 52.8 cm³/mol. The van der Waals surface area contributed by atoms with Gasteiger partial charge in [0, 0.05) is 19.8 Å². The molecule has 0 saturated carbocycles. The maximum atomic E-state index is 4.46. The zero-order valence-corrected chi connectivity index (χ0v) is 8.47. The summed E-state index contributed by atoms with van der Waals surface area (Å²) in [6.07, 6.45) is 0. The van der Waals surface area contributed by atoms with Gasteiger partial charge in [0.15, 0.2) is 0 Å². The summed E-state index contributed by atoms with van der Waals surface area (Å²) in [6.45, 7) is 6.28. The lowest BCUT2D eigenvalue weighted by Crippen LogP contribution is -2.11. The highest BCUT2D eigenvalue weighted by Gasteiger charge is 2.02. The molecular weight excluding hydrogens is 148 g/mol. The van der Waals surface area contributed by atoms with Crippen LogP contribution in [0.15, 0.2) is 6.07 Å². The van der Waals surface area contributed by atoms with E-state index in [9.17, 15) is 0 Å². The van der Waals surface area contributed by atoms with Gasteiger partial charge < -0.3 is 4.90 Å². The molecule has 0 spiro atoms. The summed E-state index contributed by atoms with van der Waals surface area (Å²) in [6, 6.07) is 2.11. The molecule has 0 bridgehead atoms. The molecule has 0 aliphatic carbocycles. The van der Waals surface area contributed by atoms with Crippen LogP contribution in [0.25, 0.3) is 0 Å². The van der Waals surface area contributed by atoms with Gasteiger partial charge in [-0.2, -0.15) is 0 Å². The van der Waals surface area contributed by atoms with Gasteiger partial charge in [-0.25, -0.2) is 4.98 Å². The zero-order chi connectivity index (χ0) is 9.30. The van der Waals surface area contributed by atoms with Gasteiger partial charge in [0.2, 0.25) is 0 Å². The van der Waals surface area contributed by atoms with Gasteiger partial charge in [0.1, 0.15) is 5.82 Å². The van der Waals surface area contributed by atoms with Crippen LogP contribution >= 0.6 is 0 Å². The SMILES string of the molecule is Cc1cc(N(C)C)nc(C)c1C. The molecule has 0 amide bonds. The van der Waals surface area contributed by atoms with Gasteiger partial charge in [-0.05, 0) is 38.0 Å². The molecule has 12 heavy (non-hydrogen) atoms. The van der Waals surface area contributed by atoms with Crippen molar-refractivity contribution in [1.29, 1.82) is 0 Å². The van der Waals surface area contributed by atoms with E-state index in [1.807, 2.05) is 19.0 Å². The number of hydrogen-bond acceptors (Lipinski definition) is 2. The van der Waals surface area contributed by atoms with E-state index in [0.717, 1.165) is 11.5 Å². The highest BCUT2D eigenvalue weighted by Crippen LogP contribution is 2.16. The van der Waals surface area contributed by atoms with E-state index in [1.54, 1.807) is 0 Å². The number of rotatable bonds is 1. The fourth-order valence-corrected chi connectivity index (χ4v) is 1.10. The highest BCUT2D eigenvalue weighted by atomic mass is 15.1. The highest BCUT2D eigenvalue weighted by molar-refractivity contribution is 5.44. The Morgan fingerprint density at radius 3 is 2.17 bits per heavy atom. The lowest BCUT2D eigenvalue weighted by Gasteiger charge is -2.14. The molecule has 0 radical (unpaired) electrons. The minimum absolute atomic E-state index is 1.04. The number of anilines is 1. The van der Waals surface area contributed by atoms with Crippen molar-refractivity contribution in [1.82, 2.24) is 4.98 Å². The quantitative estimate of drug-likeness (QED) is 0.631. The lowest BCUT2D eigenvalue weighted by atomic mass is 10.1. The van der Waals surface area contributed by atoms with Crippen LogP contribution in [0, 0.1) is 20.8 Å². The largest absolute Gasteiger partial charge is 0.363 e. The first-order chi connectivity index (χ1) is 5.52. The topological polar surface area (TPSA) is 16.1 Å². The van der Waals surface area contributed by atoms with Crippen LogP contribution in [0.4, 0.5) is 5.82 Å². The summed E-state index contributed by atoms with van der Waals surface area (Å²) >= 11 is 0. The fourth-order valence-electron chi connectivity index (χ4n) is 1.10. The van der Waals surface area contributed by atoms with E-state index in [-0.39, 0.29) is 0 Å². The van der Waals surface area contributed by atoms with Gasteiger partial charge in [-0.1, -0.05) is 0 Å². The molecule has 0 aromatic carbocycles. The van der Waals surface area contributed by atoms with Crippen LogP contribution in [0.1, 0.15) is 16.8 Å². The number of pyridine rings is 1. The van der Waals surface area contributed by atoms with Crippen LogP contribution in [-0.4, -0.2) is 19.1 Å². The predicted octanol–water partition coefficient (Wildman–Crippen LogP) is 2.07. The summed E-state index contributed by atoms with van der Waals surface area (Å²) in [5.74, 6) is 1.04. The Bertz CT molecular complexity index is 267. The van der Waals surface area contributed by atoms with Crippen LogP contribution in [0.2, 0.25) is 0 Å². The average molecular weight is 164 g/mol. The van der Waals surface area contributed by atoms with Crippen molar-refractivity contribution >= 4 is 5.82 Å². The summed E-state index contributed by atoms with van der Waals surface area (Å²) in [7, 11) is 4.02. The fraction of sp³-hybridized carbons (Fsp3) is 0.500. The third-order valence-electron chi connectivity index (χ3n) is 2.22. The van der Waals surface area contributed by atoms with Crippen molar-refractivity contribution in [3.05, 3.63) is 22.9 Å². The Kier molecular flexibility index (Phi) is 2.36. The second-order valence-corrected chi connectivity index (χ2v) is 3.40. The van der Waals surface area contributed by atoms with Crippen LogP contribution in [-0.2, 0) is 0 Å². The molecule has 0 aliphatic heterocycles. The van der Waals surface area contributed by atoms with E-state index >= 15 is 0 Å². The second kappa shape index (κ2) is 3.13. The van der Waals surface area contributed by atoms with Gasteiger partial charge in [-0.15, -0.1) is 0 Å². The Balaban J connectivity index is 3.21. The molecule has 1 aromatic rings. The maximum absolute atomic E-state index is 4.46. The number of aromatic nitrogens is 1.